The number of aryl methyl sites for hydroxylation is 1. The van der Waals surface area contributed by atoms with Crippen molar-refractivity contribution in [2.75, 3.05) is 6.61 Å². The fraction of sp³-hybridized carbons (Fsp3) is 0.115. The molecule has 0 spiro atoms. The Balaban J connectivity index is 1.58. The summed E-state index contributed by atoms with van der Waals surface area (Å²) in [6.45, 7) is 4.14. The minimum atomic E-state index is -0.562. The Kier molecular flexibility index (Phi) is 6.56. The van der Waals surface area contributed by atoms with E-state index in [4.69, 9.17) is 25.8 Å². The number of carbonyl (C=O) groups excluding carboxylic acids is 2. The number of aliphatic imine (C=N–C) groups is 1. The van der Waals surface area contributed by atoms with E-state index in [-0.39, 0.29) is 17.3 Å². The van der Waals surface area contributed by atoms with Gasteiger partial charge < -0.3 is 14.2 Å². The maximum absolute atomic E-state index is 12.5. The van der Waals surface area contributed by atoms with Crippen molar-refractivity contribution in [1.82, 2.24) is 0 Å². The van der Waals surface area contributed by atoms with E-state index >= 15 is 0 Å². The van der Waals surface area contributed by atoms with E-state index < -0.39 is 11.9 Å². The predicted octanol–water partition coefficient (Wildman–Crippen LogP) is 5.61. The standard InChI is InChI=1S/C26H20ClNO5/c1-3-31-23-15-17(6-13-22(23)32-25(29)19-7-4-16(2)5-8-19)14-21-26(30)33-24(28-21)18-9-11-20(27)12-10-18/h4-15H,3H2,1-2H3/b21-14+. The number of hydrogen-bond donors (Lipinski definition) is 0. The second kappa shape index (κ2) is 9.71. The van der Waals surface area contributed by atoms with Crippen LogP contribution in [0.3, 0.4) is 0 Å². The lowest BCUT2D eigenvalue weighted by atomic mass is 10.1. The number of carbonyl (C=O) groups is 2. The summed E-state index contributed by atoms with van der Waals surface area (Å²) in [4.78, 5) is 29.1. The summed E-state index contributed by atoms with van der Waals surface area (Å²) >= 11 is 5.91. The lowest BCUT2D eigenvalue weighted by Crippen LogP contribution is -2.09. The molecule has 0 fully saturated rings. The fourth-order valence-electron chi connectivity index (χ4n) is 3.10. The van der Waals surface area contributed by atoms with Crippen molar-refractivity contribution in [1.29, 1.82) is 0 Å². The molecule has 0 N–H and O–H groups in total. The highest BCUT2D eigenvalue weighted by Crippen LogP contribution is 2.31. The van der Waals surface area contributed by atoms with Crippen LogP contribution < -0.4 is 9.47 Å². The third kappa shape index (κ3) is 5.30. The molecule has 0 radical (unpaired) electrons. The average Bonchev–Trinajstić information content (AvgIpc) is 3.16. The minimum Gasteiger partial charge on any atom is -0.490 e. The molecule has 0 unspecified atom stereocenters. The van der Waals surface area contributed by atoms with Crippen molar-refractivity contribution in [2.24, 2.45) is 4.99 Å². The largest absolute Gasteiger partial charge is 0.490 e. The molecule has 0 saturated heterocycles. The first-order valence-electron chi connectivity index (χ1n) is 10.3. The van der Waals surface area contributed by atoms with E-state index in [2.05, 4.69) is 4.99 Å². The molecule has 6 nitrogen and oxygen atoms in total. The Hall–Kier alpha value is -3.90. The molecule has 0 amide bonds. The van der Waals surface area contributed by atoms with Gasteiger partial charge in [-0.1, -0.05) is 35.4 Å². The summed E-state index contributed by atoms with van der Waals surface area (Å²) < 4.78 is 16.5. The van der Waals surface area contributed by atoms with Gasteiger partial charge in [-0.15, -0.1) is 0 Å². The van der Waals surface area contributed by atoms with Crippen molar-refractivity contribution < 1.29 is 23.8 Å². The topological polar surface area (TPSA) is 74.2 Å². The first-order chi connectivity index (χ1) is 15.9. The van der Waals surface area contributed by atoms with Crippen LogP contribution in [0.2, 0.25) is 5.02 Å². The van der Waals surface area contributed by atoms with Gasteiger partial charge in [-0.3, -0.25) is 0 Å². The number of ether oxygens (including phenoxy) is 3. The summed E-state index contributed by atoms with van der Waals surface area (Å²) in [6.07, 6.45) is 1.58. The summed E-state index contributed by atoms with van der Waals surface area (Å²) in [5, 5.41) is 0.575. The normalized spacial score (nSPS) is 14.1. The molecule has 33 heavy (non-hydrogen) atoms. The number of nitrogens with zero attached hydrogens (tertiary/aromatic N) is 1. The van der Waals surface area contributed by atoms with Gasteiger partial charge in [0.25, 0.3) is 0 Å². The molecule has 0 saturated carbocycles. The molecule has 1 aliphatic rings. The summed E-state index contributed by atoms with van der Waals surface area (Å²) in [6, 6.07) is 18.9. The van der Waals surface area contributed by atoms with Crippen molar-refractivity contribution in [3.05, 3.63) is 99.7 Å². The van der Waals surface area contributed by atoms with E-state index in [1.807, 2.05) is 26.0 Å². The Morgan fingerprint density at radius 3 is 2.45 bits per heavy atom. The molecule has 0 aliphatic carbocycles. The summed E-state index contributed by atoms with van der Waals surface area (Å²) in [7, 11) is 0. The van der Waals surface area contributed by atoms with Gasteiger partial charge in [0.2, 0.25) is 5.90 Å². The van der Waals surface area contributed by atoms with Gasteiger partial charge in [0, 0.05) is 10.6 Å². The minimum absolute atomic E-state index is 0.145. The predicted molar refractivity (Wildman–Crippen MR) is 126 cm³/mol. The lowest BCUT2D eigenvalue weighted by molar-refractivity contribution is -0.129. The van der Waals surface area contributed by atoms with Gasteiger partial charge in [0.1, 0.15) is 0 Å². The van der Waals surface area contributed by atoms with Crippen LogP contribution in [-0.4, -0.2) is 24.4 Å². The molecule has 3 aromatic rings. The number of esters is 2. The fourth-order valence-corrected chi connectivity index (χ4v) is 3.22. The lowest BCUT2D eigenvalue weighted by Gasteiger charge is -2.11. The van der Waals surface area contributed by atoms with E-state index in [0.717, 1.165) is 5.56 Å². The highest BCUT2D eigenvalue weighted by Gasteiger charge is 2.24. The van der Waals surface area contributed by atoms with Gasteiger partial charge in [0.15, 0.2) is 17.2 Å². The first-order valence-corrected chi connectivity index (χ1v) is 10.6. The highest BCUT2D eigenvalue weighted by molar-refractivity contribution is 6.30. The quantitative estimate of drug-likeness (QED) is 0.271. The highest BCUT2D eigenvalue weighted by atomic mass is 35.5. The smallest absolute Gasteiger partial charge is 0.363 e. The second-order valence-electron chi connectivity index (χ2n) is 7.24. The van der Waals surface area contributed by atoms with Gasteiger partial charge in [0.05, 0.1) is 12.2 Å². The average molecular weight is 462 g/mol. The van der Waals surface area contributed by atoms with Gasteiger partial charge in [-0.25, -0.2) is 14.6 Å². The van der Waals surface area contributed by atoms with Crippen LogP contribution in [0.15, 0.2) is 77.4 Å². The van der Waals surface area contributed by atoms with Crippen LogP contribution >= 0.6 is 11.6 Å². The molecule has 1 heterocycles. The van der Waals surface area contributed by atoms with Crippen molar-refractivity contribution in [2.45, 2.75) is 13.8 Å². The van der Waals surface area contributed by atoms with E-state index in [1.54, 1.807) is 60.7 Å². The molecular weight excluding hydrogens is 442 g/mol. The monoisotopic (exact) mass is 461 g/mol. The number of benzene rings is 3. The van der Waals surface area contributed by atoms with Gasteiger partial charge >= 0.3 is 11.9 Å². The van der Waals surface area contributed by atoms with Crippen molar-refractivity contribution in [3.8, 4) is 11.5 Å². The van der Waals surface area contributed by atoms with Crippen molar-refractivity contribution >= 4 is 35.5 Å². The zero-order valence-electron chi connectivity index (χ0n) is 18.0. The van der Waals surface area contributed by atoms with Gasteiger partial charge in [-0.2, -0.15) is 0 Å². The first kappa shape index (κ1) is 22.3. The Morgan fingerprint density at radius 1 is 1.03 bits per heavy atom. The van der Waals surface area contributed by atoms with E-state index in [0.29, 0.717) is 34.1 Å². The molecule has 0 atom stereocenters. The zero-order chi connectivity index (χ0) is 23.4. The van der Waals surface area contributed by atoms with Crippen LogP contribution in [-0.2, 0) is 9.53 Å². The molecule has 0 aromatic heterocycles. The number of halogens is 1. The molecule has 166 valence electrons. The molecular formula is C26H20ClNO5. The van der Waals surface area contributed by atoms with Crippen LogP contribution in [0.25, 0.3) is 6.08 Å². The summed E-state index contributed by atoms with van der Waals surface area (Å²) in [5.41, 5.74) is 2.91. The van der Waals surface area contributed by atoms with Crippen molar-refractivity contribution in [3.63, 3.8) is 0 Å². The van der Waals surface area contributed by atoms with Crippen LogP contribution in [0, 0.1) is 6.92 Å². The maximum Gasteiger partial charge on any atom is 0.363 e. The maximum atomic E-state index is 12.5. The third-order valence-electron chi connectivity index (χ3n) is 4.77. The molecule has 3 aromatic carbocycles. The Bertz CT molecular complexity index is 1260. The van der Waals surface area contributed by atoms with E-state index in [9.17, 15) is 9.59 Å². The zero-order valence-corrected chi connectivity index (χ0v) is 18.8. The molecule has 0 bridgehead atoms. The second-order valence-corrected chi connectivity index (χ2v) is 7.67. The van der Waals surface area contributed by atoms with Crippen LogP contribution in [0.5, 0.6) is 11.5 Å². The Morgan fingerprint density at radius 2 is 1.76 bits per heavy atom. The summed E-state index contributed by atoms with van der Waals surface area (Å²) in [5.74, 6) is -0.187. The van der Waals surface area contributed by atoms with Gasteiger partial charge in [-0.05, 0) is 74.0 Å². The third-order valence-corrected chi connectivity index (χ3v) is 5.02. The number of cyclic esters (lactones) is 1. The number of rotatable bonds is 6. The van der Waals surface area contributed by atoms with Crippen LogP contribution in [0.1, 0.15) is 34.0 Å². The van der Waals surface area contributed by atoms with Crippen LogP contribution in [0.4, 0.5) is 0 Å². The number of hydrogen-bond acceptors (Lipinski definition) is 6. The molecule has 1 aliphatic heterocycles. The Labute approximate surface area is 196 Å². The molecule has 4 rings (SSSR count). The molecule has 7 heteroatoms. The van der Waals surface area contributed by atoms with E-state index in [1.165, 1.54) is 0 Å². The SMILES string of the molecule is CCOc1cc(/C=C2/N=C(c3ccc(Cl)cc3)OC2=O)ccc1OC(=O)c1ccc(C)cc1.